The Bertz CT molecular complexity index is 371. The first-order chi connectivity index (χ1) is 8.56. The molecular formula is C14H18O4. The van der Waals surface area contributed by atoms with Gasteiger partial charge in [-0.25, -0.2) is 0 Å². The van der Waals surface area contributed by atoms with Crippen LogP contribution in [-0.4, -0.2) is 18.5 Å². The summed E-state index contributed by atoms with van der Waals surface area (Å²) in [7, 11) is 0. The first-order valence-electron chi connectivity index (χ1n) is 5.51. The zero-order valence-corrected chi connectivity index (χ0v) is 10.7. The van der Waals surface area contributed by atoms with E-state index in [2.05, 4.69) is 11.3 Å². The van der Waals surface area contributed by atoms with Crippen molar-refractivity contribution in [3.8, 4) is 0 Å². The molecule has 1 rings (SSSR count). The Balaban J connectivity index is 0.000000411. The van der Waals surface area contributed by atoms with Crippen molar-refractivity contribution >= 4 is 11.9 Å². The minimum absolute atomic E-state index is 0.217. The van der Waals surface area contributed by atoms with Crippen molar-refractivity contribution < 1.29 is 19.1 Å². The molecular weight excluding hydrogens is 232 g/mol. The van der Waals surface area contributed by atoms with E-state index in [-0.39, 0.29) is 11.9 Å². The average Bonchev–Trinajstić information content (AvgIpc) is 2.30. The SMILES string of the molecule is C=COC(C)=O.CC(=O)OCCc1ccccc1. The van der Waals surface area contributed by atoms with Gasteiger partial charge in [-0.05, 0) is 5.56 Å². The first kappa shape index (κ1) is 15.9. The minimum Gasteiger partial charge on any atom is -0.466 e. The van der Waals surface area contributed by atoms with Crippen molar-refractivity contribution in [3.63, 3.8) is 0 Å². The summed E-state index contributed by atoms with van der Waals surface area (Å²) >= 11 is 0. The van der Waals surface area contributed by atoms with Crippen molar-refractivity contribution in [3.05, 3.63) is 48.7 Å². The van der Waals surface area contributed by atoms with Crippen LogP contribution < -0.4 is 0 Å². The zero-order valence-electron chi connectivity index (χ0n) is 10.7. The molecule has 1 aromatic rings. The standard InChI is InChI=1S/C10H12O2.C4H6O2/c1-9(11)12-8-7-10-5-3-2-4-6-10;1-3-6-4(2)5/h2-6H,7-8H2,1H3;3H,1H2,2H3. The lowest BCUT2D eigenvalue weighted by Crippen LogP contribution is -2.02. The van der Waals surface area contributed by atoms with E-state index in [1.807, 2.05) is 30.3 Å². The van der Waals surface area contributed by atoms with Crippen LogP contribution >= 0.6 is 0 Å². The smallest absolute Gasteiger partial charge is 0.307 e. The van der Waals surface area contributed by atoms with E-state index < -0.39 is 0 Å². The Morgan fingerprint density at radius 1 is 1.17 bits per heavy atom. The van der Waals surface area contributed by atoms with Gasteiger partial charge < -0.3 is 9.47 Å². The molecule has 0 heterocycles. The lowest BCUT2D eigenvalue weighted by molar-refractivity contribution is -0.141. The molecule has 4 heteroatoms. The molecule has 0 unspecified atom stereocenters. The summed E-state index contributed by atoms with van der Waals surface area (Å²) in [4.78, 5) is 20.2. The molecule has 0 aliphatic heterocycles. The molecule has 0 spiro atoms. The van der Waals surface area contributed by atoms with E-state index in [9.17, 15) is 9.59 Å². The van der Waals surface area contributed by atoms with Gasteiger partial charge in [0.15, 0.2) is 0 Å². The van der Waals surface area contributed by atoms with Gasteiger partial charge in [0.25, 0.3) is 0 Å². The van der Waals surface area contributed by atoms with Crippen LogP contribution in [0.4, 0.5) is 0 Å². The fraction of sp³-hybridized carbons (Fsp3) is 0.286. The number of esters is 2. The predicted octanol–water partition coefficient (Wildman–Crippen LogP) is 2.49. The molecule has 0 atom stereocenters. The second kappa shape index (κ2) is 10.1. The number of benzene rings is 1. The van der Waals surface area contributed by atoms with Crippen LogP contribution in [-0.2, 0) is 25.5 Å². The fourth-order valence-electron chi connectivity index (χ4n) is 1.07. The predicted molar refractivity (Wildman–Crippen MR) is 68.7 cm³/mol. The van der Waals surface area contributed by atoms with Crippen LogP contribution in [0.2, 0.25) is 0 Å². The zero-order chi connectivity index (χ0) is 13.8. The maximum absolute atomic E-state index is 10.4. The third kappa shape index (κ3) is 10.4. The van der Waals surface area contributed by atoms with Gasteiger partial charge >= 0.3 is 11.9 Å². The molecule has 0 fully saturated rings. The van der Waals surface area contributed by atoms with Crippen molar-refractivity contribution in [1.29, 1.82) is 0 Å². The Morgan fingerprint density at radius 2 is 1.78 bits per heavy atom. The lowest BCUT2D eigenvalue weighted by atomic mass is 10.2. The van der Waals surface area contributed by atoms with E-state index in [1.165, 1.54) is 19.4 Å². The normalized spacial score (nSPS) is 8.56. The van der Waals surface area contributed by atoms with Crippen molar-refractivity contribution in [2.24, 2.45) is 0 Å². The van der Waals surface area contributed by atoms with Crippen LogP contribution in [0.3, 0.4) is 0 Å². The first-order valence-corrected chi connectivity index (χ1v) is 5.51. The topological polar surface area (TPSA) is 52.6 Å². The van der Waals surface area contributed by atoms with Gasteiger partial charge in [-0.3, -0.25) is 9.59 Å². The Labute approximate surface area is 107 Å². The quantitative estimate of drug-likeness (QED) is 0.608. The summed E-state index contributed by atoms with van der Waals surface area (Å²) in [5.41, 5.74) is 1.19. The highest BCUT2D eigenvalue weighted by atomic mass is 16.5. The van der Waals surface area contributed by atoms with Crippen molar-refractivity contribution in [2.45, 2.75) is 20.3 Å². The molecule has 0 saturated heterocycles. The molecule has 0 radical (unpaired) electrons. The number of carbonyl (C=O) groups excluding carboxylic acids is 2. The van der Waals surface area contributed by atoms with Crippen LogP contribution in [0.1, 0.15) is 19.4 Å². The fourth-order valence-corrected chi connectivity index (χ4v) is 1.07. The summed E-state index contributed by atoms with van der Waals surface area (Å²) < 4.78 is 8.97. The monoisotopic (exact) mass is 250 g/mol. The highest BCUT2D eigenvalue weighted by Gasteiger charge is 1.93. The Morgan fingerprint density at radius 3 is 2.17 bits per heavy atom. The molecule has 4 nitrogen and oxygen atoms in total. The second-order valence-corrected chi connectivity index (χ2v) is 3.35. The number of rotatable bonds is 4. The third-order valence-electron chi connectivity index (χ3n) is 1.79. The molecule has 18 heavy (non-hydrogen) atoms. The molecule has 0 aromatic heterocycles. The summed E-state index contributed by atoms with van der Waals surface area (Å²) in [5.74, 6) is -0.545. The number of carbonyl (C=O) groups is 2. The molecule has 0 aliphatic rings. The Kier molecular flexibility index (Phi) is 8.90. The van der Waals surface area contributed by atoms with Crippen molar-refractivity contribution in [2.75, 3.05) is 6.61 Å². The second-order valence-electron chi connectivity index (χ2n) is 3.35. The number of hydrogen-bond acceptors (Lipinski definition) is 4. The van der Waals surface area contributed by atoms with E-state index in [0.717, 1.165) is 12.7 Å². The summed E-state index contributed by atoms with van der Waals surface area (Å²) in [5, 5.41) is 0. The van der Waals surface area contributed by atoms with Crippen LogP contribution in [0.5, 0.6) is 0 Å². The van der Waals surface area contributed by atoms with E-state index in [1.54, 1.807) is 0 Å². The highest BCUT2D eigenvalue weighted by molar-refractivity contribution is 5.66. The molecule has 0 N–H and O–H groups in total. The maximum Gasteiger partial charge on any atom is 0.307 e. The van der Waals surface area contributed by atoms with E-state index in [0.29, 0.717) is 6.61 Å². The van der Waals surface area contributed by atoms with Gasteiger partial charge in [-0.1, -0.05) is 36.9 Å². The van der Waals surface area contributed by atoms with Gasteiger partial charge in [0, 0.05) is 20.3 Å². The molecule has 0 bridgehead atoms. The van der Waals surface area contributed by atoms with E-state index in [4.69, 9.17) is 4.74 Å². The van der Waals surface area contributed by atoms with Crippen LogP contribution in [0, 0.1) is 0 Å². The molecule has 0 aliphatic carbocycles. The third-order valence-corrected chi connectivity index (χ3v) is 1.79. The molecule has 1 aromatic carbocycles. The summed E-state index contributed by atoms with van der Waals surface area (Å²) in [6.45, 7) is 6.37. The van der Waals surface area contributed by atoms with Gasteiger partial charge in [-0.2, -0.15) is 0 Å². The lowest BCUT2D eigenvalue weighted by Gasteiger charge is -2.00. The average molecular weight is 250 g/mol. The molecule has 98 valence electrons. The number of hydrogen-bond donors (Lipinski definition) is 0. The largest absolute Gasteiger partial charge is 0.466 e. The number of ether oxygens (including phenoxy) is 2. The summed E-state index contributed by atoms with van der Waals surface area (Å²) in [6, 6.07) is 9.95. The van der Waals surface area contributed by atoms with Crippen LogP contribution in [0.15, 0.2) is 43.2 Å². The van der Waals surface area contributed by atoms with Gasteiger partial charge in [-0.15, -0.1) is 0 Å². The van der Waals surface area contributed by atoms with E-state index >= 15 is 0 Å². The maximum atomic E-state index is 10.4. The summed E-state index contributed by atoms with van der Waals surface area (Å²) in [6.07, 6.45) is 1.89. The van der Waals surface area contributed by atoms with Gasteiger partial charge in [0.2, 0.25) is 0 Å². The van der Waals surface area contributed by atoms with Crippen LogP contribution in [0.25, 0.3) is 0 Å². The minimum atomic E-state index is -0.329. The van der Waals surface area contributed by atoms with Crippen molar-refractivity contribution in [1.82, 2.24) is 0 Å². The Hall–Kier alpha value is -2.10. The van der Waals surface area contributed by atoms with Gasteiger partial charge in [0.1, 0.15) is 0 Å². The van der Waals surface area contributed by atoms with Gasteiger partial charge in [0.05, 0.1) is 12.9 Å². The molecule has 0 amide bonds. The highest BCUT2D eigenvalue weighted by Crippen LogP contribution is 1.99. The molecule has 0 saturated carbocycles.